The molecule has 1 atom stereocenters. The molecule has 3 rings (SSSR count). The Kier molecular flexibility index (Phi) is 4.52. The highest BCUT2D eigenvalue weighted by atomic mass is 16.5. The van der Waals surface area contributed by atoms with Crippen molar-refractivity contribution >= 4 is 11.4 Å². The number of unbranched alkanes of at least 4 members (excludes halogenated alkanes) is 2. The number of ether oxygens (including phenoxy) is 1. The third-order valence-corrected chi connectivity index (χ3v) is 4.20. The molecule has 0 fully saturated rings. The predicted octanol–water partition coefficient (Wildman–Crippen LogP) is 4.40. The average molecular weight is 296 g/mol. The molecular formula is C19H24N2O. The summed E-state index contributed by atoms with van der Waals surface area (Å²) in [6.45, 7) is 4.12. The van der Waals surface area contributed by atoms with Gasteiger partial charge in [0, 0.05) is 6.54 Å². The van der Waals surface area contributed by atoms with Crippen LogP contribution in [0, 0.1) is 0 Å². The van der Waals surface area contributed by atoms with Crippen molar-refractivity contribution in [1.29, 1.82) is 0 Å². The molecule has 22 heavy (non-hydrogen) atoms. The molecule has 3 nitrogen and oxygen atoms in total. The molecule has 0 saturated carbocycles. The number of benzene rings is 2. The van der Waals surface area contributed by atoms with Crippen molar-refractivity contribution in [2.24, 2.45) is 0 Å². The monoisotopic (exact) mass is 296 g/mol. The Balaban J connectivity index is 1.88. The molecule has 1 aliphatic rings. The Labute approximate surface area is 132 Å². The molecule has 2 aromatic carbocycles. The normalized spacial score (nSPS) is 17.0. The predicted molar refractivity (Wildman–Crippen MR) is 92.4 cm³/mol. The van der Waals surface area contributed by atoms with Crippen molar-refractivity contribution < 1.29 is 4.74 Å². The van der Waals surface area contributed by atoms with Gasteiger partial charge in [0.05, 0.1) is 12.2 Å². The summed E-state index contributed by atoms with van der Waals surface area (Å²) in [5.74, 6) is 0.900. The number of nitrogens with two attached hydrogens (primary N) is 1. The lowest BCUT2D eigenvalue weighted by atomic mass is 10.1. The van der Waals surface area contributed by atoms with Crippen molar-refractivity contribution in [3.05, 3.63) is 54.1 Å². The highest BCUT2D eigenvalue weighted by molar-refractivity contribution is 5.75. The summed E-state index contributed by atoms with van der Waals surface area (Å²) in [7, 11) is 0. The topological polar surface area (TPSA) is 38.5 Å². The summed E-state index contributed by atoms with van der Waals surface area (Å²) in [6.07, 6.45) is 3.72. The zero-order chi connectivity index (χ0) is 15.4. The zero-order valence-corrected chi connectivity index (χ0v) is 13.2. The lowest BCUT2D eigenvalue weighted by Crippen LogP contribution is -2.36. The van der Waals surface area contributed by atoms with E-state index in [1.54, 1.807) is 0 Å². The van der Waals surface area contributed by atoms with Gasteiger partial charge in [-0.25, -0.2) is 0 Å². The fourth-order valence-electron chi connectivity index (χ4n) is 3.05. The van der Waals surface area contributed by atoms with Crippen LogP contribution in [0.1, 0.15) is 37.9 Å². The van der Waals surface area contributed by atoms with Crippen LogP contribution in [-0.4, -0.2) is 13.1 Å². The van der Waals surface area contributed by atoms with Crippen LogP contribution in [0.3, 0.4) is 0 Å². The molecule has 0 aromatic heterocycles. The van der Waals surface area contributed by atoms with Gasteiger partial charge in [0.2, 0.25) is 0 Å². The van der Waals surface area contributed by atoms with E-state index in [2.05, 4.69) is 36.1 Å². The van der Waals surface area contributed by atoms with Gasteiger partial charge < -0.3 is 15.4 Å². The molecule has 2 N–H and O–H groups in total. The standard InChI is InChI=1S/C19H24N2O/c1-2-3-7-13-21-14-18(15-9-5-4-6-10-15)22-17-12-8-11-16(20)19(17)21/h4-6,8-12,18H,2-3,7,13-14,20H2,1H3. The number of para-hydroxylation sites is 1. The maximum absolute atomic E-state index is 6.21. The number of fused-ring (bicyclic) bond motifs is 1. The second-order valence-corrected chi connectivity index (χ2v) is 5.86. The van der Waals surface area contributed by atoms with E-state index >= 15 is 0 Å². The van der Waals surface area contributed by atoms with E-state index < -0.39 is 0 Å². The Bertz CT molecular complexity index is 612. The van der Waals surface area contributed by atoms with E-state index in [9.17, 15) is 0 Å². The fraction of sp³-hybridized carbons (Fsp3) is 0.368. The summed E-state index contributed by atoms with van der Waals surface area (Å²) in [6, 6.07) is 16.4. The summed E-state index contributed by atoms with van der Waals surface area (Å²) >= 11 is 0. The minimum absolute atomic E-state index is 0.0668. The number of hydrogen-bond donors (Lipinski definition) is 1. The first-order valence-electron chi connectivity index (χ1n) is 8.14. The Morgan fingerprint density at radius 2 is 1.91 bits per heavy atom. The molecule has 2 aromatic rings. The van der Waals surface area contributed by atoms with Crippen molar-refractivity contribution in [3.8, 4) is 5.75 Å². The Hall–Kier alpha value is -2.16. The van der Waals surface area contributed by atoms with Gasteiger partial charge in [-0.2, -0.15) is 0 Å². The zero-order valence-electron chi connectivity index (χ0n) is 13.2. The number of anilines is 2. The van der Waals surface area contributed by atoms with Crippen molar-refractivity contribution in [3.63, 3.8) is 0 Å². The number of nitrogens with zero attached hydrogens (tertiary/aromatic N) is 1. The molecule has 1 unspecified atom stereocenters. The molecule has 0 aliphatic carbocycles. The summed E-state index contributed by atoms with van der Waals surface area (Å²) in [5.41, 5.74) is 9.28. The minimum Gasteiger partial charge on any atom is -0.482 e. The Morgan fingerprint density at radius 3 is 2.68 bits per heavy atom. The third kappa shape index (κ3) is 3.03. The van der Waals surface area contributed by atoms with Gasteiger partial charge in [-0.3, -0.25) is 0 Å². The van der Waals surface area contributed by atoms with Gasteiger partial charge >= 0.3 is 0 Å². The van der Waals surface area contributed by atoms with Crippen LogP contribution in [-0.2, 0) is 0 Å². The first-order valence-corrected chi connectivity index (χ1v) is 8.14. The lowest BCUT2D eigenvalue weighted by molar-refractivity contribution is 0.197. The quantitative estimate of drug-likeness (QED) is 0.656. The highest BCUT2D eigenvalue weighted by Gasteiger charge is 2.27. The van der Waals surface area contributed by atoms with Gasteiger partial charge in [0.25, 0.3) is 0 Å². The second kappa shape index (κ2) is 6.73. The summed E-state index contributed by atoms with van der Waals surface area (Å²) in [4.78, 5) is 2.39. The van der Waals surface area contributed by atoms with Gasteiger partial charge in [-0.1, -0.05) is 56.2 Å². The van der Waals surface area contributed by atoms with Crippen molar-refractivity contribution in [2.75, 3.05) is 23.7 Å². The molecule has 1 aliphatic heterocycles. The summed E-state index contributed by atoms with van der Waals surface area (Å²) < 4.78 is 6.21. The fourth-order valence-corrected chi connectivity index (χ4v) is 3.05. The van der Waals surface area contributed by atoms with Gasteiger partial charge in [-0.05, 0) is 24.1 Å². The Morgan fingerprint density at radius 1 is 1.09 bits per heavy atom. The number of hydrogen-bond acceptors (Lipinski definition) is 3. The van der Waals surface area contributed by atoms with E-state index in [1.807, 2.05) is 24.3 Å². The van der Waals surface area contributed by atoms with Crippen molar-refractivity contribution in [1.82, 2.24) is 0 Å². The second-order valence-electron chi connectivity index (χ2n) is 5.86. The lowest BCUT2D eigenvalue weighted by Gasteiger charge is -2.37. The van der Waals surface area contributed by atoms with E-state index in [0.717, 1.165) is 30.2 Å². The first-order chi connectivity index (χ1) is 10.8. The largest absolute Gasteiger partial charge is 0.482 e. The molecule has 0 saturated heterocycles. The number of rotatable bonds is 5. The highest BCUT2D eigenvalue weighted by Crippen LogP contribution is 2.41. The van der Waals surface area contributed by atoms with E-state index in [4.69, 9.17) is 10.5 Å². The van der Waals surface area contributed by atoms with Crippen LogP contribution < -0.4 is 15.4 Å². The van der Waals surface area contributed by atoms with Gasteiger partial charge in [0.1, 0.15) is 17.5 Å². The van der Waals surface area contributed by atoms with Crippen LogP contribution in [0.4, 0.5) is 11.4 Å². The smallest absolute Gasteiger partial charge is 0.145 e. The third-order valence-electron chi connectivity index (χ3n) is 4.20. The molecule has 0 bridgehead atoms. The molecular weight excluding hydrogens is 272 g/mol. The van der Waals surface area contributed by atoms with E-state index in [-0.39, 0.29) is 6.10 Å². The SMILES string of the molecule is CCCCCN1CC(c2ccccc2)Oc2cccc(N)c21. The maximum atomic E-state index is 6.21. The molecule has 0 amide bonds. The first kappa shape index (κ1) is 14.8. The number of nitrogen functional groups attached to an aromatic ring is 1. The van der Waals surface area contributed by atoms with E-state index in [1.165, 1.54) is 24.8 Å². The van der Waals surface area contributed by atoms with Gasteiger partial charge in [0.15, 0.2) is 0 Å². The maximum Gasteiger partial charge on any atom is 0.145 e. The molecule has 0 radical (unpaired) electrons. The van der Waals surface area contributed by atoms with Gasteiger partial charge in [-0.15, -0.1) is 0 Å². The van der Waals surface area contributed by atoms with Crippen LogP contribution in [0.2, 0.25) is 0 Å². The minimum atomic E-state index is 0.0668. The molecule has 3 heteroatoms. The van der Waals surface area contributed by atoms with Crippen molar-refractivity contribution in [2.45, 2.75) is 32.3 Å². The van der Waals surface area contributed by atoms with E-state index in [0.29, 0.717) is 0 Å². The summed E-state index contributed by atoms with van der Waals surface area (Å²) in [5, 5.41) is 0. The average Bonchev–Trinajstić information content (AvgIpc) is 2.55. The van der Waals surface area contributed by atoms with Crippen LogP contribution in [0.15, 0.2) is 48.5 Å². The van der Waals surface area contributed by atoms with Crippen LogP contribution in [0.25, 0.3) is 0 Å². The van der Waals surface area contributed by atoms with Crippen LogP contribution >= 0.6 is 0 Å². The molecule has 1 heterocycles. The molecule has 116 valence electrons. The van der Waals surface area contributed by atoms with Crippen LogP contribution in [0.5, 0.6) is 5.75 Å². The molecule has 0 spiro atoms.